The van der Waals surface area contributed by atoms with E-state index in [4.69, 9.17) is 14.2 Å². The molecule has 0 radical (unpaired) electrons. The summed E-state index contributed by atoms with van der Waals surface area (Å²) in [6, 6.07) is 9.88. The van der Waals surface area contributed by atoms with Crippen molar-refractivity contribution in [3.63, 3.8) is 0 Å². The second kappa shape index (κ2) is 10.4. The SMILES string of the molecule is COc1ccc(Cn2nc(OC)c3cc(C(=O)OCC(=O)c4c(F)ccc([N+](=O)[O-])c4F)cnc32)cc1. The summed E-state index contributed by atoms with van der Waals surface area (Å²) < 4.78 is 45.1. The van der Waals surface area contributed by atoms with Crippen LogP contribution < -0.4 is 9.47 Å². The van der Waals surface area contributed by atoms with E-state index in [1.165, 1.54) is 19.4 Å². The first-order chi connectivity index (χ1) is 17.7. The lowest BCUT2D eigenvalue weighted by atomic mass is 10.1. The zero-order valence-corrected chi connectivity index (χ0v) is 19.4. The van der Waals surface area contributed by atoms with Crippen molar-refractivity contribution in [1.82, 2.24) is 14.8 Å². The number of pyridine rings is 1. The Kier molecular flexibility index (Phi) is 7.04. The number of aromatic nitrogens is 3. The number of hydrogen-bond donors (Lipinski definition) is 0. The van der Waals surface area contributed by atoms with Gasteiger partial charge in [-0.05, 0) is 29.8 Å². The number of rotatable bonds is 9. The summed E-state index contributed by atoms with van der Waals surface area (Å²) in [7, 11) is 2.96. The number of fused-ring (bicyclic) bond motifs is 1. The van der Waals surface area contributed by atoms with E-state index < -0.39 is 46.2 Å². The van der Waals surface area contributed by atoms with Gasteiger partial charge in [0.25, 0.3) is 0 Å². The second-order valence-corrected chi connectivity index (χ2v) is 7.62. The molecule has 11 nitrogen and oxygen atoms in total. The van der Waals surface area contributed by atoms with Gasteiger partial charge in [-0.15, -0.1) is 5.10 Å². The summed E-state index contributed by atoms with van der Waals surface area (Å²) in [6.07, 6.45) is 1.19. The number of esters is 1. The Morgan fingerprint density at radius 1 is 1.08 bits per heavy atom. The van der Waals surface area contributed by atoms with E-state index in [0.717, 1.165) is 5.56 Å². The third-order valence-electron chi connectivity index (χ3n) is 5.35. The van der Waals surface area contributed by atoms with Crippen LogP contribution in [-0.4, -0.2) is 52.3 Å². The first-order valence-electron chi connectivity index (χ1n) is 10.6. The third kappa shape index (κ3) is 5.05. The number of nitro groups is 1. The molecule has 0 amide bonds. The maximum Gasteiger partial charge on any atom is 0.340 e. The number of nitro benzene ring substituents is 1. The van der Waals surface area contributed by atoms with Crippen molar-refractivity contribution in [1.29, 1.82) is 0 Å². The largest absolute Gasteiger partial charge is 0.497 e. The molecule has 0 saturated heterocycles. The Hall–Kier alpha value is -4.94. The Balaban J connectivity index is 1.53. The number of benzene rings is 2. The minimum atomic E-state index is -1.65. The van der Waals surface area contributed by atoms with Crippen LogP contribution in [-0.2, 0) is 11.3 Å². The van der Waals surface area contributed by atoms with Crippen LogP contribution in [0, 0.1) is 21.7 Å². The molecule has 0 atom stereocenters. The maximum absolute atomic E-state index is 14.3. The lowest BCUT2D eigenvalue weighted by Crippen LogP contribution is -2.17. The molecule has 0 aliphatic heterocycles. The van der Waals surface area contributed by atoms with Crippen molar-refractivity contribution in [2.24, 2.45) is 0 Å². The van der Waals surface area contributed by atoms with Crippen molar-refractivity contribution in [3.05, 3.63) is 87.1 Å². The van der Waals surface area contributed by atoms with Crippen molar-refractivity contribution in [3.8, 4) is 11.6 Å². The Morgan fingerprint density at radius 2 is 1.81 bits per heavy atom. The molecule has 0 fully saturated rings. The first-order valence-corrected chi connectivity index (χ1v) is 10.6. The fourth-order valence-corrected chi connectivity index (χ4v) is 3.53. The number of carbonyl (C=O) groups excluding carboxylic acids is 2. The number of halogens is 2. The van der Waals surface area contributed by atoms with Gasteiger partial charge in [0.2, 0.25) is 17.5 Å². The number of hydrogen-bond acceptors (Lipinski definition) is 9. The van der Waals surface area contributed by atoms with Crippen molar-refractivity contribution in [2.45, 2.75) is 6.54 Å². The van der Waals surface area contributed by atoms with Crippen molar-refractivity contribution < 1.29 is 37.5 Å². The lowest BCUT2D eigenvalue weighted by molar-refractivity contribution is -0.387. The maximum atomic E-state index is 14.3. The van der Waals surface area contributed by atoms with Gasteiger partial charge in [-0.1, -0.05) is 12.1 Å². The average molecular weight is 512 g/mol. The molecule has 13 heteroatoms. The molecule has 0 aliphatic carbocycles. The normalized spacial score (nSPS) is 10.8. The summed E-state index contributed by atoms with van der Waals surface area (Å²) in [5, 5.41) is 15.6. The minimum absolute atomic E-state index is 0.0809. The summed E-state index contributed by atoms with van der Waals surface area (Å²) in [5.41, 5.74) is -1.03. The fourth-order valence-electron chi connectivity index (χ4n) is 3.53. The van der Waals surface area contributed by atoms with Gasteiger partial charge in [-0.25, -0.2) is 18.9 Å². The number of ketones is 1. The zero-order valence-electron chi connectivity index (χ0n) is 19.4. The first kappa shape index (κ1) is 25.2. The molecule has 4 aromatic rings. The molecule has 0 unspecified atom stereocenters. The van der Waals surface area contributed by atoms with E-state index in [2.05, 4.69) is 10.1 Å². The summed E-state index contributed by atoms with van der Waals surface area (Å²) in [4.78, 5) is 38.9. The van der Waals surface area contributed by atoms with E-state index in [-0.39, 0.29) is 11.4 Å². The van der Waals surface area contributed by atoms with E-state index in [0.29, 0.717) is 35.5 Å². The average Bonchev–Trinajstić information content (AvgIpc) is 3.24. The Labute approximate surface area is 207 Å². The van der Waals surface area contributed by atoms with Gasteiger partial charge in [-0.2, -0.15) is 4.39 Å². The fraction of sp³-hybridized carbons (Fsp3) is 0.167. The van der Waals surface area contributed by atoms with Crippen molar-refractivity contribution >= 4 is 28.5 Å². The predicted octanol–water partition coefficient (Wildman–Crippen LogP) is 3.72. The standard InChI is InChI=1S/C24H18F2N4O7/c1-35-15-5-3-13(4-6-15)11-29-22-16(23(28-29)36-2)9-14(10-27-22)24(32)37-12-19(31)20-17(25)7-8-18(21(20)26)30(33)34/h3-10H,11-12H2,1-2H3. The molecule has 0 bridgehead atoms. The highest BCUT2D eigenvalue weighted by Crippen LogP contribution is 2.26. The number of ether oxygens (including phenoxy) is 3. The number of methoxy groups -OCH3 is 2. The molecule has 37 heavy (non-hydrogen) atoms. The summed E-state index contributed by atoms with van der Waals surface area (Å²) in [5.74, 6) is -4.39. The second-order valence-electron chi connectivity index (χ2n) is 7.62. The van der Waals surface area contributed by atoms with Crippen LogP contribution in [0.15, 0.2) is 48.7 Å². The Bertz CT molecular complexity index is 1520. The number of nitrogens with zero attached hydrogens (tertiary/aromatic N) is 4. The highest BCUT2D eigenvalue weighted by molar-refractivity contribution is 6.01. The lowest BCUT2D eigenvalue weighted by Gasteiger charge is -2.07. The smallest absolute Gasteiger partial charge is 0.340 e. The van der Waals surface area contributed by atoms with E-state index in [1.54, 1.807) is 23.9 Å². The topological polar surface area (TPSA) is 136 Å². The zero-order chi connectivity index (χ0) is 26.7. The highest BCUT2D eigenvalue weighted by Gasteiger charge is 2.27. The quantitative estimate of drug-likeness (QED) is 0.142. The van der Waals surface area contributed by atoms with Gasteiger partial charge in [0.15, 0.2) is 12.3 Å². The van der Waals surface area contributed by atoms with Crippen LogP contribution >= 0.6 is 0 Å². The van der Waals surface area contributed by atoms with Crippen LogP contribution in [0.25, 0.3) is 11.0 Å². The molecule has 0 saturated carbocycles. The van der Waals surface area contributed by atoms with Gasteiger partial charge in [0.05, 0.1) is 42.2 Å². The molecule has 2 heterocycles. The van der Waals surface area contributed by atoms with Crippen LogP contribution in [0.2, 0.25) is 0 Å². The minimum Gasteiger partial charge on any atom is -0.497 e. The molecular weight excluding hydrogens is 494 g/mol. The number of Topliss-reactive ketones (excluding diaryl/α,β-unsaturated/α-hetero) is 1. The van der Waals surface area contributed by atoms with Crippen LogP contribution in [0.1, 0.15) is 26.3 Å². The van der Waals surface area contributed by atoms with E-state index >= 15 is 0 Å². The highest BCUT2D eigenvalue weighted by atomic mass is 19.1. The van der Waals surface area contributed by atoms with E-state index in [9.17, 15) is 28.5 Å². The van der Waals surface area contributed by atoms with Gasteiger partial charge in [0.1, 0.15) is 11.6 Å². The monoisotopic (exact) mass is 512 g/mol. The van der Waals surface area contributed by atoms with Crippen LogP contribution in [0.5, 0.6) is 11.6 Å². The van der Waals surface area contributed by atoms with Gasteiger partial charge in [0, 0.05) is 12.3 Å². The molecule has 0 N–H and O–H groups in total. The summed E-state index contributed by atoms with van der Waals surface area (Å²) >= 11 is 0. The third-order valence-corrected chi connectivity index (χ3v) is 5.35. The molecular formula is C24H18F2N4O7. The van der Waals surface area contributed by atoms with Crippen molar-refractivity contribution in [2.75, 3.05) is 20.8 Å². The van der Waals surface area contributed by atoms with Gasteiger partial charge < -0.3 is 14.2 Å². The van der Waals surface area contributed by atoms with E-state index in [1.807, 2.05) is 12.1 Å². The molecule has 2 aromatic heterocycles. The Morgan fingerprint density at radius 3 is 2.46 bits per heavy atom. The number of carbonyl (C=O) groups is 2. The van der Waals surface area contributed by atoms with Crippen LogP contribution in [0.4, 0.5) is 14.5 Å². The van der Waals surface area contributed by atoms with Crippen LogP contribution in [0.3, 0.4) is 0 Å². The van der Waals surface area contributed by atoms with Gasteiger partial charge in [-0.3, -0.25) is 14.9 Å². The predicted molar refractivity (Wildman–Crippen MR) is 124 cm³/mol. The summed E-state index contributed by atoms with van der Waals surface area (Å²) in [6.45, 7) is -0.713. The molecule has 4 rings (SSSR count). The molecule has 2 aromatic carbocycles. The van der Waals surface area contributed by atoms with Gasteiger partial charge >= 0.3 is 11.7 Å². The molecule has 0 aliphatic rings. The molecule has 190 valence electrons. The molecule has 0 spiro atoms.